The molecule has 1 aromatic carbocycles. The minimum absolute atomic E-state index is 0.278. The van der Waals surface area contributed by atoms with Gasteiger partial charge in [-0.3, -0.25) is 9.78 Å². The maximum atomic E-state index is 13.6. The Morgan fingerprint density at radius 3 is 2.50 bits per heavy atom. The van der Waals surface area contributed by atoms with E-state index in [0.29, 0.717) is 33.2 Å². The summed E-state index contributed by atoms with van der Waals surface area (Å²) in [5.41, 5.74) is 0.296. The molecule has 0 radical (unpaired) electrons. The van der Waals surface area contributed by atoms with Gasteiger partial charge < -0.3 is 19.7 Å². The van der Waals surface area contributed by atoms with Crippen LogP contribution < -0.4 is 14.8 Å². The Morgan fingerprint density at radius 1 is 1.16 bits per heavy atom. The summed E-state index contributed by atoms with van der Waals surface area (Å²) in [5, 5.41) is 13.8. The van der Waals surface area contributed by atoms with Gasteiger partial charge in [0.2, 0.25) is 5.91 Å². The maximum Gasteiger partial charge on any atom is 0.245 e. The van der Waals surface area contributed by atoms with Crippen molar-refractivity contribution >= 4 is 17.7 Å². The number of methoxy groups -OCH3 is 2. The second-order valence-electron chi connectivity index (χ2n) is 7.21. The predicted octanol–water partition coefficient (Wildman–Crippen LogP) is 3.32. The van der Waals surface area contributed by atoms with Gasteiger partial charge in [-0.2, -0.15) is 5.26 Å². The summed E-state index contributed by atoms with van der Waals surface area (Å²) in [4.78, 5) is 20.1. The van der Waals surface area contributed by atoms with E-state index in [1.807, 2.05) is 6.07 Å². The first-order chi connectivity index (χ1) is 15.6. The van der Waals surface area contributed by atoms with Crippen molar-refractivity contribution in [3.8, 4) is 17.6 Å². The molecule has 1 aliphatic heterocycles. The fraction of sp³-hybridized carbons (Fsp3) is 0.375. The van der Waals surface area contributed by atoms with E-state index in [1.165, 1.54) is 11.8 Å². The van der Waals surface area contributed by atoms with Crippen LogP contribution >= 0.6 is 11.8 Å². The van der Waals surface area contributed by atoms with Crippen molar-refractivity contribution < 1.29 is 14.3 Å². The van der Waals surface area contributed by atoms with Gasteiger partial charge in [0.1, 0.15) is 5.41 Å². The van der Waals surface area contributed by atoms with E-state index in [4.69, 9.17) is 9.47 Å². The van der Waals surface area contributed by atoms with Crippen LogP contribution in [0.1, 0.15) is 25.0 Å². The minimum Gasteiger partial charge on any atom is -0.493 e. The van der Waals surface area contributed by atoms with Gasteiger partial charge in [0.15, 0.2) is 11.5 Å². The Balaban J connectivity index is 2.14. The van der Waals surface area contributed by atoms with Crippen LogP contribution in [0.15, 0.2) is 53.3 Å². The molecular formula is C24H28N4O3S. The molecule has 0 saturated heterocycles. The molecular weight excluding hydrogens is 424 g/mol. The first-order valence-corrected chi connectivity index (χ1v) is 11.5. The summed E-state index contributed by atoms with van der Waals surface area (Å²) in [6, 6.07) is 11.2. The summed E-state index contributed by atoms with van der Waals surface area (Å²) in [7, 11) is 3.10. The van der Waals surface area contributed by atoms with Gasteiger partial charge in [0.05, 0.1) is 30.9 Å². The molecule has 0 aliphatic carbocycles. The molecule has 8 heteroatoms. The highest BCUT2D eigenvalue weighted by molar-refractivity contribution is 8.03. The molecule has 1 atom stereocenters. The summed E-state index contributed by atoms with van der Waals surface area (Å²) >= 11 is 1.50. The molecule has 0 saturated carbocycles. The number of hydrogen-bond acceptors (Lipinski definition) is 7. The van der Waals surface area contributed by atoms with Crippen molar-refractivity contribution in [3.05, 3.63) is 64.5 Å². The zero-order valence-electron chi connectivity index (χ0n) is 18.8. The molecule has 1 aliphatic rings. The lowest BCUT2D eigenvalue weighted by molar-refractivity contribution is -0.122. The van der Waals surface area contributed by atoms with Gasteiger partial charge >= 0.3 is 0 Å². The smallest absolute Gasteiger partial charge is 0.245 e. The van der Waals surface area contributed by atoms with Crippen LogP contribution in [-0.2, 0) is 10.2 Å². The monoisotopic (exact) mass is 452 g/mol. The number of amides is 1. The largest absolute Gasteiger partial charge is 0.493 e. The number of aromatic nitrogens is 1. The molecule has 0 fully saturated rings. The van der Waals surface area contributed by atoms with E-state index < -0.39 is 5.41 Å². The zero-order chi connectivity index (χ0) is 23.1. The molecule has 3 rings (SSSR count). The quantitative estimate of drug-likeness (QED) is 0.592. The van der Waals surface area contributed by atoms with Crippen LogP contribution in [0.4, 0.5) is 0 Å². The Hall–Kier alpha value is -3.02. The fourth-order valence-electron chi connectivity index (χ4n) is 3.97. The Bertz CT molecular complexity index is 1030. The number of ether oxygens (including phenoxy) is 2. The van der Waals surface area contributed by atoms with Crippen molar-refractivity contribution in [1.29, 1.82) is 5.26 Å². The lowest BCUT2D eigenvalue weighted by atomic mass is 9.70. The zero-order valence-corrected chi connectivity index (χ0v) is 19.7. The highest BCUT2D eigenvalue weighted by Crippen LogP contribution is 2.47. The number of thioether (sulfide) groups is 1. The Morgan fingerprint density at radius 2 is 1.91 bits per heavy atom. The molecule has 2 heterocycles. The first kappa shape index (κ1) is 23.6. The molecule has 32 heavy (non-hydrogen) atoms. The Labute approximate surface area is 193 Å². The van der Waals surface area contributed by atoms with E-state index in [9.17, 15) is 10.1 Å². The molecule has 1 N–H and O–H groups in total. The van der Waals surface area contributed by atoms with E-state index in [0.717, 1.165) is 25.4 Å². The lowest BCUT2D eigenvalue weighted by Crippen LogP contribution is -2.39. The number of carbonyl (C=O) groups excluding carboxylic acids is 1. The van der Waals surface area contributed by atoms with E-state index >= 15 is 0 Å². The third-order valence-corrected chi connectivity index (χ3v) is 6.72. The SMILES string of the molecule is CCN(CC)CCSC1=C(C#N)C(c2cccnc2)(c2ccc(OC)c(OC)c2)C(=O)N1. The number of benzene rings is 1. The molecule has 1 aromatic heterocycles. The number of hydrogen-bond donors (Lipinski definition) is 1. The molecule has 0 bridgehead atoms. The number of nitrogens with zero attached hydrogens (tertiary/aromatic N) is 3. The van der Waals surface area contributed by atoms with Gasteiger partial charge in [0, 0.05) is 24.7 Å². The molecule has 2 aromatic rings. The third-order valence-electron chi connectivity index (χ3n) is 5.74. The normalized spacial score (nSPS) is 17.9. The van der Waals surface area contributed by atoms with Crippen molar-refractivity contribution in [1.82, 2.24) is 15.2 Å². The molecule has 168 valence electrons. The van der Waals surface area contributed by atoms with Crippen molar-refractivity contribution in [3.63, 3.8) is 0 Å². The number of carbonyl (C=O) groups is 1. The number of nitrogens with one attached hydrogen (secondary N) is 1. The van der Waals surface area contributed by atoms with Gasteiger partial charge in [0.25, 0.3) is 0 Å². The second-order valence-corrected chi connectivity index (χ2v) is 8.31. The summed E-state index contributed by atoms with van der Waals surface area (Å²) in [5.74, 6) is 1.52. The summed E-state index contributed by atoms with van der Waals surface area (Å²) in [6.07, 6.45) is 3.28. The highest BCUT2D eigenvalue weighted by Gasteiger charge is 2.52. The lowest BCUT2D eigenvalue weighted by Gasteiger charge is -2.28. The van der Waals surface area contributed by atoms with Crippen LogP contribution in [0.5, 0.6) is 11.5 Å². The van der Waals surface area contributed by atoms with E-state index in [2.05, 4.69) is 35.1 Å². The fourth-order valence-corrected chi connectivity index (χ4v) is 5.04. The summed E-state index contributed by atoms with van der Waals surface area (Å²) in [6.45, 7) is 7.02. The van der Waals surface area contributed by atoms with Crippen LogP contribution in [0.2, 0.25) is 0 Å². The van der Waals surface area contributed by atoms with Gasteiger partial charge in [-0.05, 0) is 42.4 Å². The van der Waals surface area contributed by atoms with Crippen molar-refractivity contribution in [2.75, 3.05) is 39.6 Å². The topological polar surface area (TPSA) is 87.5 Å². The minimum atomic E-state index is -1.32. The molecule has 7 nitrogen and oxygen atoms in total. The average molecular weight is 453 g/mol. The average Bonchev–Trinajstić information content (AvgIpc) is 3.13. The number of nitriles is 1. The van der Waals surface area contributed by atoms with Crippen LogP contribution in [0, 0.1) is 11.3 Å². The van der Waals surface area contributed by atoms with Crippen LogP contribution in [-0.4, -0.2) is 55.4 Å². The first-order valence-electron chi connectivity index (χ1n) is 10.5. The Kier molecular flexibility index (Phi) is 7.78. The number of pyridine rings is 1. The molecule has 1 unspecified atom stereocenters. The molecule has 1 amide bonds. The van der Waals surface area contributed by atoms with Crippen molar-refractivity contribution in [2.24, 2.45) is 0 Å². The second kappa shape index (κ2) is 10.5. The van der Waals surface area contributed by atoms with Crippen LogP contribution in [0.25, 0.3) is 0 Å². The number of rotatable bonds is 10. The maximum absolute atomic E-state index is 13.6. The van der Waals surface area contributed by atoms with E-state index in [1.54, 1.807) is 50.9 Å². The van der Waals surface area contributed by atoms with Gasteiger partial charge in [-0.25, -0.2) is 0 Å². The van der Waals surface area contributed by atoms with E-state index in [-0.39, 0.29) is 5.91 Å². The van der Waals surface area contributed by atoms with Crippen molar-refractivity contribution in [2.45, 2.75) is 19.3 Å². The van der Waals surface area contributed by atoms with Crippen LogP contribution in [0.3, 0.4) is 0 Å². The van der Waals surface area contributed by atoms with Gasteiger partial charge in [-0.15, -0.1) is 11.8 Å². The summed E-state index contributed by atoms with van der Waals surface area (Å²) < 4.78 is 10.8. The molecule has 0 spiro atoms. The van der Waals surface area contributed by atoms with Gasteiger partial charge in [-0.1, -0.05) is 26.0 Å². The predicted molar refractivity (Wildman–Crippen MR) is 126 cm³/mol. The standard InChI is InChI=1S/C24H28N4O3S/c1-5-28(6-2)12-13-32-22-19(15-25)24(23(29)27-22,18-8-7-11-26-16-18)17-9-10-20(30-3)21(14-17)31-4/h7-11,14,16H,5-6,12-13H2,1-4H3,(H,27,29). The third kappa shape index (κ3) is 4.18. The highest BCUT2D eigenvalue weighted by atomic mass is 32.2.